The Kier molecular flexibility index (Phi) is 5.22. The lowest BCUT2D eigenvalue weighted by Crippen LogP contribution is -2.44. The van der Waals surface area contributed by atoms with Crippen LogP contribution >= 0.6 is 12.2 Å². The number of carbonyl (C=O) groups is 1. The van der Waals surface area contributed by atoms with Crippen LogP contribution in [-0.4, -0.2) is 16.0 Å². The van der Waals surface area contributed by atoms with Gasteiger partial charge in [0.05, 0.1) is 0 Å². The molecule has 3 N–H and O–H groups in total. The van der Waals surface area contributed by atoms with Crippen molar-refractivity contribution in [2.45, 2.75) is 13.3 Å². The highest BCUT2D eigenvalue weighted by Gasteiger charge is 2.06. The fourth-order valence-electron chi connectivity index (χ4n) is 1.71. The number of benzene rings is 1. The van der Waals surface area contributed by atoms with Gasteiger partial charge in [0, 0.05) is 11.9 Å². The normalized spacial score (nSPS) is 9.76. The van der Waals surface area contributed by atoms with E-state index < -0.39 is 0 Å². The summed E-state index contributed by atoms with van der Waals surface area (Å²) in [7, 11) is 0. The quantitative estimate of drug-likeness (QED) is 0.599. The molecule has 0 aliphatic rings. The van der Waals surface area contributed by atoms with E-state index in [1.165, 1.54) is 5.56 Å². The number of nitrogens with one attached hydrogen (secondary N) is 3. The van der Waals surface area contributed by atoms with Crippen LogP contribution in [0.2, 0.25) is 0 Å². The molecule has 0 spiro atoms. The first kappa shape index (κ1) is 14.9. The zero-order valence-corrected chi connectivity index (χ0v) is 12.4. The fraction of sp³-hybridized carbons (Fsp3) is 0.133. The van der Waals surface area contributed by atoms with Gasteiger partial charge in [-0.25, -0.2) is 0 Å². The minimum Gasteiger partial charge on any atom is -0.331 e. The van der Waals surface area contributed by atoms with Crippen LogP contribution in [-0.2, 0) is 6.42 Å². The number of thiocarbonyl (C=S) groups is 1. The van der Waals surface area contributed by atoms with Gasteiger partial charge in [-0.15, -0.1) is 0 Å². The lowest BCUT2D eigenvalue weighted by molar-refractivity contribution is 0.0939. The molecule has 5 nitrogen and oxygen atoms in total. The van der Waals surface area contributed by atoms with Crippen LogP contribution in [0.15, 0.2) is 48.7 Å². The molecule has 1 heterocycles. The molecular weight excluding hydrogens is 284 g/mol. The van der Waals surface area contributed by atoms with Gasteiger partial charge in [-0.1, -0.05) is 25.1 Å². The molecule has 0 saturated heterocycles. The molecule has 0 saturated carbocycles. The number of hydrogen-bond donors (Lipinski definition) is 3. The molecule has 0 radical (unpaired) electrons. The predicted octanol–water partition coefficient (Wildman–Crippen LogP) is 2.28. The summed E-state index contributed by atoms with van der Waals surface area (Å²) in [4.78, 5) is 15.7. The molecule has 0 bridgehead atoms. The second kappa shape index (κ2) is 7.35. The number of aryl methyl sites for hydroxylation is 1. The van der Waals surface area contributed by atoms with Crippen molar-refractivity contribution in [3.05, 3.63) is 59.9 Å². The molecule has 0 aliphatic carbocycles. The molecule has 0 aliphatic heterocycles. The van der Waals surface area contributed by atoms with Gasteiger partial charge in [-0.05, 0) is 48.5 Å². The second-order valence-corrected chi connectivity index (χ2v) is 4.71. The Bertz CT molecular complexity index is 631. The minimum absolute atomic E-state index is 0.313. The Hall–Kier alpha value is -2.47. The Labute approximate surface area is 128 Å². The standard InChI is InChI=1S/C15H16N4OS/c1-2-11-6-5-7-12(10-11)17-15(21)19-18-14(20)13-8-3-4-9-16-13/h3-10H,2H2,1H3,(H,18,20)(H2,17,19,21). The van der Waals surface area contributed by atoms with Gasteiger partial charge >= 0.3 is 0 Å². The SMILES string of the molecule is CCc1cccc(NC(=S)NNC(=O)c2ccccn2)c1. The van der Waals surface area contributed by atoms with E-state index in [4.69, 9.17) is 12.2 Å². The van der Waals surface area contributed by atoms with Crippen LogP contribution in [0, 0.1) is 0 Å². The topological polar surface area (TPSA) is 66.0 Å². The van der Waals surface area contributed by atoms with Crippen molar-refractivity contribution in [2.75, 3.05) is 5.32 Å². The van der Waals surface area contributed by atoms with E-state index in [9.17, 15) is 4.79 Å². The maximum Gasteiger partial charge on any atom is 0.288 e. The average molecular weight is 300 g/mol. The van der Waals surface area contributed by atoms with E-state index in [0.29, 0.717) is 10.8 Å². The third kappa shape index (κ3) is 4.54. The number of carbonyl (C=O) groups excluding carboxylic acids is 1. The van der Waals surface area contributed by atoms with E-state index in [0.717, 1.165) is 12.1 Å². The fourth-order valence-corrected chi connectivity index (χ4v) is 1.87. The molecule has 2 aromatic rings. The number of amides is 1. The number of hydrogen-bond acceptors (Lipinski definition) is 3. The first-order valence-electron chi connectivity index (χ1n) is 6.56. The summed E-state index contributed by atoms with van der Waals surface area (Å²) in [6.45, 7) is 2.09. The number of pyridine rings is 1. The maximum atomic E-state index is 11.8. The zero-order valence-electron chi connectivity index (χ0n) is 11.6. The molecule has 1 aromatic carbocycles. The molecule has 108 valence electrons. The molecule has 0 unspecified atom stereocenters. The Morgan fingerprint density at radius 1 is 1.19 bits per heavy atom. The number of anilines is 1. The summed E-state index contributed by atoms with van der Waals surface area (Å²) in [6.07, 6.45) is 2.51. The van der Waals surface area contributed by atoms with Crippen LogP contribution in [0.3, 0.4) is 0 Å². The van der Waals surface area contributed by atoms with Crippen molar-refractivity contribution in [1.82, 2.24) is 15.8 Å². The molecule has 1 amide bonds. The zero-order chi connectivity index (χ0) is 15.1. The van der Waals surface area contributed by atoms with Crippen molar-refractivity contribution in [3.8, 4) is 0 Å². The van der Waals surface area contributed by atoms with Gasteiger partial charge in [0.25, 0.3) is 5.91 Å². The summed E-state index contributed by atoms with van der Waals surface area (Å²) >= 11 is 5.13. The largest absolute Gasteiger partial charge is 0.331 e. The lowest BCUT2D eigenvalue weighted by Gasteiger charge is -2.12. The van der Waals surface area contributed by atoms with Crippen LogP contribution < -0.4 is 16.2 Å². The van der Waals surface area contributed by atoms with Crippen molar-refractivity contribution >= 4 is 28.9 Å². The molecule has 21 heavy (non-hydrogen) atoms. The van der Waals surface area contributed by atoms with Gasteiger partial charge in [-0.2, -0.15) is 0 Å². The summed E-state index contributed by atoms with van der Waals surface area (Å²) in [5.41, 5.74) is 7.54. The van der Waals surface area contributed by atoms with Crippen molar-refractivity contribution < 1.29 is 4.79 Å². The molecular formula is C15H16N4OS. The van der Waals surface area contributed by atoms with Gasteiger partial charge in [0.1, 0.15) is 5.69 Å². The summed E-state index contributed by atoms with van der Waals surface area (Å²) < 4.78 is 0. The smallest absolute Gasteiger partial charge is 0.288 e. The third-order valence-corrected chi connectivity index (χ3v) is 2.98. The number of rotatable bonds is 3. The number of hydrazine groups is 1. The average Bonchev–Trinajstić information content (AvgIpc) is 2.53. The van der Waals surface area contributed by atoms with Crippen LogP contribution in [0.25, 0.3) is 0 Å². The molecule has 0 fully saturated rings. The summed E-state index contributed by atoms with van der Waals surface area (Å²) in [5, 5.41) is 3.32. The van der Waals surface area contributed by atoms with Crippen molar-refractivity contribution in [1.29, 1.82) is 0 Å². The van der Waals surface area contributed by atoms with Crippen LogP contribution in [0.1, 0.15) is 23.0 Å². The predicted molar refractivity (Wildman–Crippen MR) is 86.9 cm³/mol. The summed E-state index contributed by atoms with van der Waals surface area (Å²) in [6, 6.07) is 13.0. The van der Waals surface area contributed by atoms with Gasteiger partial charge < -0.3 is 5.32 Å². The molecule has 0 atom stereocenters. The Morgan fingerprint density at radius 3 is 2.76 bits per heavy atom. The highest BCUT2D eigenvalue weighted by Crippen LogP contribution is 2.10. The first-order valence-corrected chi connectivity index (χ1v) is 6.97. The molecule has 2 rings (SSSR count). The first-order chi connectivity index (χ1) is 10.2. The van der Waals surface area contributed by atoms with E-state index in [1.807, 2.05) is 24.3 Å². The Morgan fingerprint density at radius 2 is 2.05 bits per heavy atom. The number of nitrogens with zero attached hydrogens (tertiary/aromatic N) is 1. The van der Waals surface area contributed by atoms with Gasteiger partial charge in [0.15, 0.2) is 5.11 Å². The van der Waals surface area contributed by atoms with Crippen molar-refractivity contribution in [2.24, 2.45) is 0 Å². The van der Waals surface area contributed by atoms with Gasteiger partial charge in [-0.3, -0.25) is 20.6 Å². The lowest BCUT2D eigenvalue weighted by atomic mass is 10.1. The third-order valence-electron chi connectivity index (χ3n) is 2.78. The van der Waals surface area contributed by atoms with E-state index in [1.54, 1.807) is 24.4 Å². The Balaban J connectivity index is 1.86. The van der Waals surface area contributed by atoms with E-state index >= 15 is 0 Å². The maximum absolute atomic E-state index is 11.8. The second-order valence-electron chi connectivity index (χ2n) is 4.30. The van der Waals surface area contributed by atoms with Crippen LogP contribution in [0.5, 0.6) is 0 Å². The highest BCUT2D eigenvalue weighted by molar-refractivity contribution is 7.80. The highest BCUT2D eigenvalue weighted by atomic mass is 32.1. The van der Waals surface area contributed by atoms with Crippen LogP contribution in [0.4, 0.5) is 5.69 Å². The van der Waals surface area contributed by atoms with Gasteiger partial charge in [0.2, 0.25) is 0 Å². The van der Waals surface area contributed by atoms with Crippen molar-refractivity contribution in [3.63, 3.8) is 0 Å². The van der Waals surface area contributed by atoms with E-state index in [2.05, 4.69) is 28.1 Å². The monoisotopic (exact) mass is 300 g/mol. The van der Waals surface area contributed by atoms with E-state index in [-0.39, 0.29) is 5.91 Å². The minimum atomic E-state index is -0.345. The molecule has 6 heteroatoms. The number of aromatic nitrogens is 1. The summed E-state index contributed by atoms with van der Waals surface area (Å²) in [5.74, 6) is -0.345. The molecule has 1 aromatic heterocycles.